The summed E-state index contributed by atoms with van der Waals surface area (Å²) < 4.78 is 27.8. The molecule has 0 bridgehead atoms. The summed E-state index contributed by atoms with van der Waals surface area (Å²) in [7, 11) is -0.222. The number of rotatable bonds is 5. The summed E-state index contributed by atoms with van der Waals surface area (Å²) in [4.78, 5) is 4.31. The lowest BCUT2D eigenvalue weighted by Crippen LogP contribution is -2.27. The van der Waals surface area contributed by atoms with E-state index in [2.05, 4.69) is 4.98 Å². The van der Waals surface area contributed by atoms with Crippen LogP contribution >= 0.6 is 0 Å². The Hall–Kier alpha value is -1.70. The molecule has 0 saturated carbocycles. The Morgan fingerprint density at radius 2 is 1.95 bits per heavy atom. The molecule has 1 aromatic carbocycles. The number of sulfonamides is 1. The number of aliphatic hydroxyl groups is 1. The fraction of sp³-hybridized carbons (Fsp3) is 0.308. The van der Waals surface area contributed by atoms with Crippen molar-refractivity contribution in [2.45, 2.75) is 18.0 Å². The molecule has 108 valence electrons. The van der Waals surface area contributed by atoms with Crippen molar-refractivity contribution in [1.29, 1.82) is 0 Å². The van der Waals surface area contributed by atoms with Gasteiger partial charge in [0, 0.05) is 26.5 Å². The zero-order valence-corrected chi connectivity index (χ0v) is 12.2. The Labute approximate surface area is 118 Å². The van der Waals surface area contributed by atoms with Crippen molar-refractivity contribution in [3.05, 3.63) is 48.0 Å². The first-order chi connectivity index (χ1) is 9.45. The maximum absolute atomic E-state index is 12.4. The summed E-state index contributed by atoms with van der Waals surface area (Å²) in [6, 6.07) is 6.19. The van der Waals surface area contributed by atoms with E-state index in [1.165, 1.54) is 23.5 Å². The zero-order valence-electron chi connectivity index (χ0n) is 11.4. The molecule has 1 heterocycles. The van der Waals surface area contributed by atoms with Gasteiger partial charge in [-0.1, -0.05) is 12.1 Å². The summed E-state index contributed by atoms with van der Waals surface area (Å²) in [5.74, 6) is 0.669. The summed E-state index contributed by atoms with van der Waals surface area (Å²) >= 11 is 0. The number of benzene rings is 1. The van der Waals surface area contributed by atoms with Gasteiger partial charge in [0.25, 0.3) is 0 Å². The normalized spacial score (nSPS) is 12.0. The van der Waals surface area contributed by atoms with Gasteiger partial charge in [-0.15, -0.1) is 0 Å². The Morgan fingerprint density at radius 1 is 1.30 bits per heavy atom. The summed E-state index contributed by atoms with van der Waals surface area (Å²) in [5.41, 5.74) is 0.677. The van der Waals surface area contributed by atoms with Gasteiger partial charge < -0.3 is 9.67 Å². The fourth-order valence-electron chi connectivity index (χ4n) is 1.78. The SMILES string of the molecule is CN(Cc1nccn1C)S(=O)(=O)c1ccc(CO)cc1. The van der Waals surface area contributed by atoms with Gasteiger partial charge >= 0.3 is 0 Å². The van der Waals surface area contributed by atoms with Crippen molar-refractivity contribution in [1.82, 2.24) is 13.9 Å². The molecule has 7 heteroatoms. The minimum atomic E-state index is -3.56. The molecule has 0 spiro atoms. The lowest BCUT2D eigenvalue weighted by atomic mass is 10.2. The van der Waals surface area contributed by atoms with Gasteiger partial charge in [0.2, 0.25) is 10.0 Å². The number of aliphatic hydroxyl groups excluding tert-OH is 1. The Morgan fingerprint density at radius 3 is 2.45 bits per heavy atom. The predicted octanol–water partition coefficient (Wildman–Crippen LogP) is 0.733. The Bertz CT molecular complexity index is 677. The van der Waals surface area contributed by atoms with Gasteiger partial charge in [-0.05, 0) is 17.7 Å². The van der Waals surface area contributed by atoms with Crippen LogP contribution in [0.3, 0.4) is 0 Å². The van der Waals surface area contributed by atoms with Gasteiger partial charge in [-0.3, -0.25) is 0 Å². The molecule has 0 radical (unpaired) electrons. The fourth-order valence-corrected chi connectivity index (χ4v) is 2.91. The number of imidazole rings is 1. The zero-order chi connectivity index (χ0) is 14.8. The molecule has 0 atom stereocenters. The minimum absolute atomic E-state index is 0.108. The van der Waals surface area contributed by atoms with E-state index in [9.17, 15) is 8.42 Å². The lowest BCUT2D eigenvalue weighted by molar-refractivity contribution is 0.281. The van der Waals surface area contributed by atoms with Crippen LogP contribution in [0, 0.1) is 0 Å². The van der Waals surface area contributed by atoms with Crippen LogP contribution in [0.15, 0.2) is 41.6 Å². The molecule has 1 aromatic heterocycles. The third kappa shape index (κ3) is 2.90. The Balaban J connectivity index is 2.22. The highest BCUT2D eigenvalue weighted by atomic mass is 32.2. The Kier molecular flexibility index (Phi) is 4.22. The highest BCUT2D eigenvalue weighted by molar-refractivity contribution is 7.89. The highest BCUT2D eigenvalue weighted by Gasteiger charge is 2.21. The van der Waals surface area contributed by atoms with Gasteiger partial charge in [-0.2, -0.15) is 4.31 Å². The number of hydrogen-bond donors (Lipinski definition) is 1. The van der Waals surface area contributed by atoms with Crippen LogP contribution in [-0.4, -0.2) is 34.4 Å². The van der Waals surface area contributed by atoms with Crippen molar-refractivity contribution in [3.63, 3.8) is 0 Å². The van der Waals surface area contributed by atoms with E-state index in [4.69, 9.17) is 5.11 Å². The molecule has 2 rings (SSSR count). The molecule has 0 aliphatic heterocycles. The summed E-state index contributed by atoms with van der Waals surface area (Å²) in [5, 5.41) is 8.97. The first-order valence-electron chi connectivity index (χ1n) is 6.07. The van der Waals surface area contributed by atoms with Crippen LogP contribution in [-0.2, 0) is 30.2 Å². The molecule has 0 aliphatic rings. The van der Waals surface area contributed by atoms with Crippen molar-refractivity contribution < 1.29 is 13.5 Å². The van der Waals surface area contributed by atoms with Crippen molar-refractivity contribution in [2.75, 3.05) is 7.05 Å². The molecule has 1 N–H and O–H groups in total. The van der Waals surface area contributed by atoms with E-state index in [0.717, 1.165) is 0 Å². The predicted molar refractivity (Wildman–Crippen MR) is 74.2 cm³/mol. The molecular weight excluding hydrogens is 278 g/mol. The quantitative estimate of drug-likeness (QED) is 0.882. The number of hydrogen-bond acceptors (Lipinski definition) is 4. The smallest absolute Gasteiger partial charge is 0.243 e. The molecule has 0 saturated heterocycles. The van der Waals surface area contributed by atoms with Gasteiger partial charge in [0.1, 0.15) is 5.82 Å². The van der Waals surface area contributed by atoms with E-state index in [1.54, 1.807) is 29.1 Å². The molecular formula is C13H17N3O3S. The van der Waals surface area contributed by atoms with Gasteiger partial charge in [0.05, 0.1) is 18.0 Å². The highest BCUT2D eigenvalue weighted by Crippen LogP contribution is 2.17. The molecule has 20 heavy (non-hydrogen) atoms. The topological polar surface area (TPSA) is 75.4 Å². The van der Waals surface area contributed by atoms with Crippen LogP contribution in [0.25, 0.3) is 0 Å². The van der Waals surface area contributed by atoms with Crippen LogP contribution in [0.5, 0.6) is 0 Å². The van der Waals surface area contributed by atoms with Crippen molar-refractivity contribution in [3.8, 4) is 0 Å². The second kappa shape index (κ2) is 5.74. The molecule has 0 amide bonds. The van der Waals surface area contributed by atoms with Gasteiger partial charge in [0.15, 0.2) is 0 Å². The third-order valence-corrected chi connectivity index (χ3v) is 4.92. The van der Waals surface area contributed by atoms with Crippen molar-refractivity contribution >= 4 is 10.0 Å². The van der Waals surface area contributed by atoms with Crippen LogP contribution in [0.1, 0.15) is 11.4 Å². The standard InChI is InChI=1S/C13H17N3O3S/c1-15-8-7-14-13(15)9-16(2)20(18,19)12-5-3-11(10-17)4-6-12/h3-8,17H,9-10H2,1-2H3. The first kappa shape index (κ1) is 14.7. The number of nitrogens with zero attached hydrogens (tertiary/aromatic N) is 3. The molecule has 0 unspecified atom stereocenters. The monoisotopic (exact) mass is 295 g/mol. The molecule has 2 aromatic rings. The third-order valence-electron chi connectivity index (χ3n) is 3.10. The first-order valence-corrected chi connectivity index (χ1v) is 7.51. The number of aromatic nitrogens is 2. The van der Waals surface area contributed by atoms with E-state index < -0.39 is 10.0 Å². The van der Waals surface area contributed by atoms with Crippen molar-refractivity contribution in [2.24, 2.45) is 7.05 Å². The van der Waals surface area contributed by atoms with E-state index >= 15 is 0 Å². The average molecular weight is 295 g/mol. The molecule has 6 nitrogen and oxygen atoms in total. The second-order valence-electron chi connectivity index (χ2n) is 4.52. The summed E-state index contributed by atoms with van der Waals surface area (Å²) in [6.07, 6.45) is 3.40. The summed E-state index contributed by atoms with van der Waals surface area (Å²) in [6.45, 7) is 0.0943. The van der Waals surface area contributed by atoms with Crippen LogP contribution < -0.4 is 0 Å². The van der Waals surface area contributed by atoms with E-state index in [0.29, 0.717) is 11.4 Å². The second-order valence-corrected chi connectivity index (χ2v) is 6.56. The van der Waals surface area contributed by atoms with Gasteiger partial charge in [-0.25, -0.2) is 13.4 Å². The maximum atomic E-state index is 12.4. The van der Waals surface area contributed by atoms with E-state index in [1.807, 2.05) is 7.05 Å². The lowest BCUT2D eigenvalue weighted by Gasteiger charge is -2.17. The largest absolute Gasteiger partial charge is 0.392 e. The molecule has 0 aliphatic carbocycles. The maximum Gasteiger partial charge on any atom is 0.243 e. The number of aryl methyl sites for hydroxylation is 1. The molecule has 0 fully saturated rings. The average Bonchev–Trinajstić information content (AvgIpc) is 2.84. The van der Waals surface area contributed by atoms with E-state index in [-0.39, 0.29) is 18.0 Å². The van der Waals surface area contributed by atoms with Crippen LogP contribution in [0.4, 0.5) is 0 Å². The van der Waals surface area contributed by atoms with Crippen LogP contribution in [0.2, 0.25) is 0 Å². The minimum Gasteiger partial charge on any atom is -0.392 e.